The number of esters is 1. The Bertz CT molecular complexity index is 361. The molecule has 1 amide bonds. The predicted octanol–water partition coefficient (Wildman–Crippen LogP) is 0.773. The molecule has 2 unspecified atom stereocenters. The van der Waals surface area contributed by atoms with E-state index in [2.05, 4.69) is 10.1 Å². The molecule has 7 nitrogen and oxygen atoms in total. The number of carbonyl (C=O) groups excluding carboxylic acids is 2. The topological polar surface area (TPSA) is 77.1 Å². The number of amides is 1. The van der Waals surface area contributed by atoms with Crippen LogP contribution in [0.5, 0.6) is 0 Å². The maximum Gasteiger partial charge on any atom is 0.411 e. The van der Waals surface area contributed by atoms with Gasteiger partial charge < -0.3 is 19.5 Å². The molecule has 1 saturated heterocycles. The zero-order chi connectivity index (χ0) is 16.0. The van der Waals surface area contributed by atoms with E-state index in [1.807, 2.05) is 6.92 Å². The van der Waals surface area contributed by atoms with Gasteiger partial charge in [-0.15, -0.1) is 0 Å². The normalized spacial score (nSPS) is 20.5. The third-order valence-corrected chi connectivity index (χ3v) is 3.14. The van der Waals surface area contributed by atoms with E-state index >= 15 is 0 Å². The summed E-state index contributed by atoms with van der Waals surface area (Å²) in [6.07, 6.45) is -0.731. The zero-order valence-electron chi connectivity index (χ0n) is 13.5. The Labute approximate surface area is 125 Å². The Morgan fingerprint density at radius 1 is 1.43 bits per heavy atom. The molecule has 21 heavy (non-hydrogen) atoms. The van der Waals surface area contributed by atoms with Crippen molar-refractivity contribution in [3.8, 4) is 0 Å². The van der Waals surface area contributed by atoms with E-state index in [-0.39, 0.29) is 18.7 Å². The van der Waals surface area contributed by atoms with Crippen LogP contribution in [0.2, 0.25) is 0 Å². The molecule has 1 aliphatic heterocycles. The number of carbonyl (C=O) groups is 2. The van der Waals surface area contributed by atoms with Gasteiger partial charge in [-0.05, 0) is 27.7 Å². The molecule has 1 heterocycles. The van der Waals surface area contributed by atoms with Crippen LogP contribution in [-0.2, 0) is 19.0 Å². The van der Waals surface area contributed by atoms with E-state index in [1.165, 1.54) is 12.0 Å². The molecule has 0 aliphatic carbocycles. The van der Waals surface area contributed by atoms with Gasteiger partial charge in [-0.2, -0.15) is 0 Å². The highest BCUT2D eigenvalue weighted by Gasteiger charge is 2.33. The molecule has 2 atom stereocenters. The molecular weight excluding hydrogens is 276 g/mol. The lowest BCUT2D eigenvalue weighted by molar-refractivity contribution is -0.143. The lowest BCUT2D eigenvalue weighted by atomic mass is 10.1. The fraction of sp³-hybridized carbons (Fsp3) is 0.857. The summed E-state index contributed by atoms with van der Waals surface area (Å²) in [4.78, 5) is 25.2. The smallest absolute Gasteiger partial charge is 0.411 e. The van der Waals surface area contributed by atoms with Crippen LogP contribution in [0.15, 0.2) is 0 Å². The summed E-state index contributed by atoms with van der Waals surface area (Å²) >= 11 is 0. The molecule has 0 aromatic carbocycles. The molecule has 0 radical (unpaired) electrons. The molecule has 0 aromatic rings. The molecule has 1 aliphatic rings. The Hall–Kier alpha value is -1.34. The van der Waals surface area contributed by atoms with Gasteiger partial charge in [-0.1, -0.05) is 0 Å². The molecule has 7 heteroatoms. The van der Waals surface area contributed by atoms with Gasteiger partial charge >= 0.3 is 12.1 Å². The van der Waals surface area contributed by atoms with E-state index in [0.29, 0.717) is 13.2 Å². The van der Waals surface area contributed by atoms with E-state index in [4.69, 9.17) is 9.47 Å². The van der Waals surface area contributed by atoms with Gasteiger partial charge in [0.1, 0.15) is 12.1 Å². The predicted molar refractivity (Wildman–Crippen MR) is 77.0 cm³/mol. The van der Waals surface area contributed by atoms with Crippen molar-refractivity contribution < 1.29 is 23.8 Å². The highest BCUT2D eigenvalue weighted by Crippen LogP contribution is 2.16. The number of nitrogens with one attached hydrogen (secondary N) is 1. The standard InChI is InChI=1S/C14H26N2O5/c1-10(11-8-15-6-7-20-11)16(9-12(17)19-5)13(18)21-14(2,3)4/h10-11,15H,6-9H2,1-5H3. The minimum absolute atomic E-state index is 0.160. The second-order valence-corrected chi connectivity index (χ2v) is 6.04. The van der Waals surface area contributed by atoms with E-state index in [9.17, 15) is 9.59 Å². The molecule has 0 saturated carbocycles. The summed E-state index contributed by atoms with van der Waals surface area (Å²) in [5, 5.41) is 3.21. The Balaban J connectivity index is 2.79. The Morgan fingerprint density at radius 3 is 2.57 bits per heavy atom. The SMILES string of the molecule is COC(=O)CN(C(=O)OC(C)(C)C)C(C)C1CNCCO1. The molecule has 0 aromatic heterocycles. The average Bonchev–Trinajstić information content (AvgIpc) is 2.42. The van der Waals surface area contributed by atoms with Gasteiger partial charge in [0.2, 0.25) is 0 Å². The van der Waals surface area contributed by atoms with Crippen molar-refractivity contribution in [2.75, 3.05) is 33.4 Å². The van der Waals surface area contributed by atoms with Crippen molar-refractivity contribution >= 4 is 12.1 Å². The van der Waals surface area contributed by atoms with Crippen molar-refractivity contribution in [1.29, 1.82) is 0 Å². The number of methoxy groups -OCH3 is 1. The third kappa shape index (κ3) is 5.89. The summed E-state index contributed by atoms with van der Waals surface area (Å²) < 4.78 is 15.7. The summed E-state index contributed by atoms with van der Waals surface area (Å²) in [6.45, 7) is 9.01. The van der Waals surface area contributed by atoms with Crippen molar-refractivity contribution in [3.05, 3.63) is 0 Å². The van der Waals surface area contributed by atoms with Crippen LogP contribution < -0.4 is 5.32 Å². The first-order valence-electron chi connectivity index (χ1n) is 7.13. The van der Waals surface area contributed by atoms with Gasteiger partial charge in [0, 0.05) is 13.1 Å². The largest absolute Gasteiger partial charge is 0.468 e. The maximum atomic E-state index is 12.3. The number of rotatable bonds is 4. The van der Waals surface area contributed by atoms with Crippen LogP contribution in [-0.4, -0.2) is 68.1 Å². The third-order valence-electron chi connectivity index (χ3n) is 3.14. The van der Waals surface area contributed by atoms with Crippen LogP contribution in [0.3, 0.4) is 0 Å². The number of hydrogen-bond acceptors (Lipinski definition) is 6. The quantitative estimate of drug-likeness (QED) is 0.773. The van der Waals surface area contributed by atoms with Gasteiger partial charge in [0.05, 0.1) is 25.9 Å². The summed E-state index contributed by atoms with van der Waals surface area (Å²) in [5.74, 6) is -0.489. The second-order valence-electron chi connectivity index (χ2n) is 6.04. The molecular formula is C14H26N2O5. The number of morpholine rings is 1. The Morgan fingerprint density at radius 2 is 2.10 bits per heavy atom. The van der Waals surface area contributed by atoms with Crippen molar-refractivity contribution in [3.63, 3.8) is 0 Å². The van der Waals surface area contributed by atoms with E-state index < -0.39 is 17.7 Å². The van der Waals surface area contributed by atoms with Crippen LogP contribution in [0.4, 0.5) is 4.79 Å². The minimum atomic E-state index is -0.628. The van der Waals surface area contributed by atoms with Crippen molar-refractivity contribution in [1.82, 2.24) is 10.2 Å². The number of hydrogen-bond donors (Lipinski definition) is 1. The van der Waals surface area contributed by atoms with Crippen LogP contribution in [0.25, 0.3) is 0 Å². The van der Waals surface area contributed by atoms with Gasteiger partial charge in [-0.25, -0.2) is 4.79 Å². The Kier molecular flexibility index (Phi) is 6.42. The monoisotopic (exact) mass is 302 g/mol. The average molecular weight is 302 g/mol. The molecule has 1 N–H and O–H groups in total. The second kappa shape index (κ2) is 7.61. The summed E-state index contributed by atoms with van der Waals surface area (Å²) in [5.41, 5.74) is -0.628. The van der Waals surface area contributed by atoms with Crippen molar-refractivity contribution in [2.24, 2.45) is 0 Å². The molecule has 0 bridgehead atoms. The molecule has 1 rings (SSSR count). The van der Waals surface area contributed by atoms with Gasteiger partial charge in [-0.3, -0.25) is 9.69 Å². The van der Waals surface area contributed by atoms with Gasteiger partial charge in [0.15, 0.2) is 0 Å². The van der Waals surface area contributed by atoms with E-state index in [0.717, 1.165) is 6.54 Å². The highest BCUT2D eigenvalue weighted by atomic mass is 16.6. The lowest BCUT2D eigenvalue weighted by Gasteiger charge is -2.36. The zero-order valence-corrected chi connectivity index (χ0v) is 13.5. The summed E-state index contributed by atoms with van der Waals surface area (Å²) in [6, 6.07) is -0.299. The maximum absolute atomic E-state index is 12.3. The fourth-order valence-electron chi connectivity index (χ4n) is 2.00. The first-order valence-corrected chi connectivity index (χ1v) is 7.13. The molecule has 1 fully saturated rings. The first-order chi connectivity index (χ1) is 9.74. The van der Waals surface area contributed by atoms with E-state index in [1.54, 1.807) is 20.8 Å². The van der Waals surface area contributed by atoms with Crippen LogP contribution in [0.1, 0.15) is 27.7 Å². The van der Waals surface area contributed by atoms with Crippen molar-refractivity contribution in [2.45, 2.75) is 45.4 Å². The molecule has 122 valence electrons. The molecule has 0 spiro atoms. The summed E-state index contributed by atoms with van der Waals surface area (Å²) in [7, 11) is 1.29. The minimum Gasteiger partial charge on any atom is -0.468 e. The lowest BCUT2D eigenvalue weighted by Crippen LogP contribution is -2.54. The number of nitrogens with zero attached hydrogens (tertiary/aromatic N) is 1. The number of ether oxygens (including phenoxy) is 3. The highest BCUT2D eigenvalue weighted by molar-refractivity contribution is 5.78. The van der Waals surface area contributed by atoms with Gasteiger partial charge in [0.25, 0.3) is 0 Å². The first kappa shape index (κ1) is 17.7. The fourth-order valence-corrected chi connectivity index (χ4v) is 2.00. The van der Waals surface area contributed by atoms with Crippen LogP contribution >= 0.6 is 0 Å². The van der Waals surface area contributed by atoms with Crippen LogP contribution in [0, 0.1) is 0 Å².